The summed E-state index contributed by atoms with van der Waals surface area (Å²) >= 11 is 0. The summed E-state index contributed by atoms with van der Waals surface area (Å²) in [6, 6.07) is 6.14. The molecule has 90 valence electrons. The largest absolute Gasteiger partial charge is 0.493 e. The van der Waals surface area contributed by atoms with Crippen molar-refractivity contribution in [3.05, 3.63) is 23.8 Å². The minimum atomic E-state index is 0.179. The summed E-state index contributed by atoms with van der Waals surface area (Å²) in [7, 11) is 3.28. The smallest absolute Gasteiger partial charge is 0.160 e. The number of methoxy groups -OCH3 is 2. The van der Waals surface area contributed by atoms with E-state index in [1.54, 1.807) is 14.2 Å². The minimum Gasteiger partial charge on any atom is -0.493 e. The number of rotatable bonds is 5. The van der Waals surface area contributed by atoms with Crippen molar-refractivity contribution in [1.82, 2.24) is 0 Å². The molecule has 16 heavy (non-hydrogen) atoms. The average Bonchev–Trinajstić information content (AvgIpc) is 2.35. The van der Waals surface area contributed by atoms with Crippen molar-refractivity contribution < 1.29 is 9.47 Å². The van der Waals surface area contributed by atoms with E-state index in [0.29, 0.717) is 5.92 Å². The number of benzene rings is 1. The van der Waals surface area contributed by atoms with E-state index in [4.69, 9.17) is 15.2 Å². The molecule has 0 amide bonds. The third kappa shape index (κ3) is 2.67. The minimum absolute atomic E-state index is 0.179. The molecule has 2 N–H and O–H groups in total. The monoisotopic (exact) mass is 223 g/mol. The third-order valence-electron chi connectivity index (χ3n) is 3.05. The molecule has 0 aliphatic rings. The normalized spacial score (nSPS) is 14.3. The first kappa shape index (κ1) is 12.8. The van der Waals surface area contributed by atoms with Crippen LogP contribution in [0, 0.1) is 0 Å². The molecule has 0 heterocycles. The van der Waals surface area contributed by atoms with Crippen LogP contribution in [0.4, 0.5) is 0 Å². The second-order valence-corrected chi connectivity index (χ2v) is 3.98. The first-order valence-corrected chi connectivity index (χ1v) is 5.61. The molecule has 1 aromatic rings. The summed E-state index contributed by atoms with van der Waals surface area (Å²) in [5.74, 6) is 1.84. The molecule has 0 aliphatic carbocycles. The van der Waals surface area contributed by atoms with E-state index in [1.165, 1.54) is 5.56 Å². The first-order chi connectivity index (χ1) is 7.63. The summed E-state index contributed by atoms with van der Waals surface area (Å²) in [5, 5.41) is 0. The van der Waals surface area contributed by atoms with Crippen molar-refractivity contribution in [2.75, 3.05) is 14.2 Å². The molecule has 2 atom stereocenters. The van der Waals surface area contributed by atoms with Crippen LogP contribution in [0.3, 0.4) is 0 Å². The van der Waals surface area contributed by atoms with Gasteiger partial charge in [0.2, 0.25) is 0 Å². The van der Waals surface area contributed by atoms with Gasteiger partial charge in [0.05, 0.1) is 14.2 Å². The van der Waals surface area contributed by atoms with E-state index < -0.39 is 0 Å². The van der Waals surface area contributed by atoms with Gasteiger partial charge in [-0.1, -0.05) is 19.9 Å². The van der Waals surface area contributed by atoms with Crippen LogP contribution in [0.25, 0.3) is 0 Å². The highest BCUT2D eigenvalue weighted by Crippen LogP contribution is 2.31. The molecule has 0 saturated carbocycles. The van der Waals surface area contributed by atoms with E-state index in [-0.39, 0.29) is 6.04 Å². The van der Waals surface area contributed by atoms with Gasteiger partial charge in [0.25, 0.3) is 0 Å². The van der Waals surface area contributed by atoms with Crippen LogP contribution in [-0.4, -0.2) is 20.3 Å². The standard InChI is InChI=1S/C13H21NO2/c1-5-11(14)9(2)10-6-7-12(15-3)13(8-10)16-4/h6-9,11H,5,14H2,1-4H3. The number of ether oxygens (including phenoxy) is 2. The molecule has 3 heteroatoms. The van der Waals surface area contributed by atoms with Crippen LogP contribution >= 0.6 is 0 Å². The lowest BCUT2D eigenvalue weighted by Crippen LogP contribution is -2.25. The second-order valence-electron chi connectivity index (χ2n) is 3.98. The topological polar surface area (TPSA) is 44.5 Å². The van der Waals surface area contributed by atoms with Gasteiger partial charge in [0, 0.05) is 6.04 Å². The van der Waals surface area contributed by atoms with Crippen molar-refractivity contribution in [3.8, 4) is 11.5 Å². The molecule has 2 unspecified atom stereocenters. The van der Waals surface area contributed by atoms with Crippen LogP contribution in [-0.2, 0) is 0 Å². The van der Waals surface area contributed by atoms with Gasteiger partial charge >= 0.3 is 0 Å². The molecule has 1 rings (SSSR count). The number of hydrogen-bond donors (Lipinski definition) is 1. The van der Waals surface area contributed by atoms with Gasteiger partial charge in [-0.2, -0.15) is 0 Å². The fourth-order valence-corrected chi connectivity index (χ4v) is 1.74. The van der Waals surface area contributed by atoms with Gasteiger partial charge in [-0.3, -0.25) is 0 Å². The third-order valence-corrected chi connectivity index (χ3v) is 3.05. The molecule has 0 saturated heterocycles. The fraction of sp³-hybridized carbons (Fsp3) is 0.538. The Labute approximate surface area is 97.6 Å². The summed E-state index contributed by atoms with van der Waals surface area (Å²) in [6.07, 6.45) is 0.968. The lowest BCUT2D eigenvalue weighted by Gasteiger charge is -2.20. The van der Waals surface area contributed by atoms with Crippen LogP contribution in [0.1, 0.15) is 31.7 Å². The zero-order chi connectivity index (χ0) is 12.1. The molecule has 3 nitrogen and oxygen atoms in total. The average molecular weight is 223 g/mol. The summed E-state index contributed by atoms with van der Waals surface area (Å²) < 4.78 is 10.5. The fourth-order valence-electron chi connectivity index (χ4n) is 1.74. The summed E-state index contributed by atoms with van der Waals surface area (Å²) in [6.45, 7) is 4.23. The maximum Gasteiger partial charge on any atom is 0.160 e. The molecule has 0 aliphatic heterocycles. The molecule has 1 aromatic carbocycles. The Morgan fingerprint density at radius 2 is 1.81 bits per heavy atom. The van der Waals surface area contributed by atoms with Crippen LogP contribution in [0.15, 0.2) is 18.2 Å². The molecular formula is C13H21NO2. The van der Waals surface area contributed by atoms with E-state index in [0.717, 1.165) is 17.9 Å². The number of nitrogens with two attached hydrogens (primary N) is 1. The zero-order valence-corrected chi connectivity index (χ0v) is 10.5. The lowest BCUT2D eigenvalue weighted by atomic mass is 9.92. The zero-order valence-electron chi connectivity index (χ0n) is 10.5. The number of hydrogen-bond acceptors (Lipinski definition) is 3. The van der Waals surface area contributed by atoms with Crippen LogP contribution < -0.4 is 15.2 Å². The highest BCUT2D eigenvalue weighted by molar-refractivity contribution is 5.44. The summed E-state index contributed by atoms with van der Waals surface area (Å²) in [5.41, 5.74) is 7.23. The Kier molecular flexibility index (Phi) is 4.62. The van der Waals surface area contributed by atoms with Crippen molar-refractivity contribution >= 4 is 0 Å². The molecule has 0 spiro atoms. The van der Waals surface area contributed by atoms with E-state index in [2.05, 4.69) is 13.8 Å². The Hall–Kier alpha value is -1.22. The predicted molar refractivity (Wildman–Crippen MR) is 66.2 cm³/mol. The quantitative estimate of drug-likeness (QED) is 0.834. The van der Waals surface area contributed by atoms with Crippen molar-refractivity contribution in [1.29, 1.82) is 0 Å². The summed E-state index contributed by atoms with van der Waals surface area (Å²) in [4.78, 5) is 0. The molecular weight excluding hydrogens is 202 g/mol. The van der Waals surface area contributed by atoms with Gasteiger partial charge in [0.1, 0.15) is 0 Å². The predicted octanol–water partition coefficient (Wildman–Crippen LogP) is 2.54. The maximum absolute atomic E-state index is 6.04. The second kappa shape index (κ2) is 5.75. The Bertz CT molecular complexity index is 339. The Morgan fingerprint density at radius 3 is 2.31 bits per heavy atom. The molecule has 0 radical (unpaired) electrons. The van der Waals surface area contributed by atoms with E-state index in [1.807, 2.05) is 18.2 Å². The van der Waals surface area contributed by atoms with Crippen LogP contribution in [0.2, 0.25) is 0 Å². The van der Waals surface area contributed by atoms with Crippen molar-refractivity contribution in [3.63, 3.8) is 0 Å². The first-order valence-electron chi connectivity index (χ1n) is 5.61. The highest BCUT2D eigenvalue weighted by atomic mass is 16.5. The van der Waals surface area contributed by atoms with Gasteiger partial charge < -0.3 is 15.2 Å². The SMILES string of the molecule is CCC(N)C(C)c1ccc(OC)c(OC)c1. The Balaban J connectivity index is 2.98. The molecule has 0 aromatic heterocycles. The van der Waals surface area contributed by atoms with Gasteiger partial charge in [-0.15, -0.1) is 0 Å². The van der Waals surface area contributed by atoms with Gasteiger partial charge in [0.15, 0.2) is 11.5 Å². The van der Waals surface area contributed by atoms with Gasteiger partial charge in [-0.05, 0) is 30.0 Å². The molecule has 0 fully saturated rings. The lowest BCUT2D eigenvalue weighted by molar-refractivity contribution is 0.354. The van der Waals surface area contributed by atoms with E-state index in [9.17, 15) is 0 Å². The molecule has 0 bridgehead atoms. The highest BCUT2D eigenvalue weighted by Gasteiger charge is 2.15. The van der Waals surface area contributed by atoms with Crippen molar-refractivity contribution in [2.45, 2.75) is 32.2 Å². The Morgan fingerprint density at radius 1 is 1.19 bits per heavy atom. The van der Waals surface area contributed by atoms with Crippen LogP contribution in [0.5, 0.6) is 11.5 Å². The van der Waals surface area contributed by atoms with Crippen molar-refractivity contribution in [2.24, 2.45) is 5.73 Å². The van der Waals surface area contributed by atoms with Gasteiger partial charge in [-0.25, -0.2) is 0 Å². The van der Waals surface area contributed by atoms with E-state index >= 15 is 0 Å². The maximum atomic E-state index is 6.04.